The highest BCUT2D eigenvalue weighted by atomic mass is 16.5. The molecule has 1 fully saturated rings. The Morgan fingerprint density at radius 2 is 2.00 bits per heavy atom. The first kappa shape index (κ1) is 16.8. The molecule has 0 amide bonds. The monoisotopic (exact) mass is 306 g/mol. The van der Waals surface area contributed by atoms with Crippen molar-refractivity contribution in [3.63, 3.8) is 0 Å². The third-order valence-electron chi connectivity index (χ3n) is 3.83. The molecule has 1 unspecified atom stereocenters. The van der Waals surface area contributed by atoms with Gasteiger partial charge in [-0.3, -0.25) is 9.69 Å². The predicted octanol–water partition coefficient (Wildman–Crippen LogP) is 1.78. The molecule has 22 heavy (non-hydrogen) atoms. The SMILES string of the molecule is CCN(CC(CN1CCOCC1)OC(C)=O)c1ccccc1. The molecule has 2 rings (SSSR count). The summed E-state index contributed by atoms with van der Waals surface area (Å²) in [5.41, 5.74) is 1.16. The van der Waals surface area contributed by atoms with Crippen molar-refractivity contribution in [2.24, 2.45) is 0 Å². The van der Waals surface area contributed by atoms with E-state index >= 15 is 0 Å². The second kappa shape index (κ2) is 8.76. The zero-order valence-electron chi connectivity index (χ0n) is 13.5. The minimum Gasteiger partial charge on any atom is -0.459 e. The van der Waals surface area contributed by atoms with Gasteiger partial charge in [0.2, 0.25) is 0 Å². The number of nitrogens with zero attached hydrogens (tertiary/aromatic N) is 2. The summed E-state index contributed by atoms with van der Waals surface area (Å²) in [4.78, 5) is 16.0. The van der Waals surface area contributed by atoms with Crippen LogP contribution in [-0.4, -0.2) is 62.9 Å². The van der Waals surface area contributed by atoms with Crippen LogP contribution in [0.1, 0.15) is 13.8 Å². The largest absolute Gasteiger partial charge is 0.459 e. The molecular formula is C17H26N2O3. The first-order valence-corrected chi connectivity index (χ1v) is 7.96. The number of rotatable bonds is 7. The van der Waals surface area contributed by atoms with Crippen LogP contribution in [0.3, 0.4) is 0 Å². The molecule has 0 aromatic heterocycles. The van der Waals surface area contributed by atoms with Gasteiger partial charge in [-0.25, -0.2) is 0 Å². The second-order valence-electron chi connectivity index (χ2n) is 5.52. The first-order valence-electron chi connectivity index (χ1n) is 7.96. The molecule has 5 nitrogen and oxygen atoms in total. The highest BCUT2D eigenvalue weighted by Gasteiger charge is 2.21. The van der Waals surface area contributed by atoms with Crippen LogP contribution < -0.4 is 4.90 Å². The summed E-state index contributed by atoms with van der Waals surface area (Å²) in [5.74, 6) is -0.220. The number of likely N-dealkylation sites (N-methyl/N-ethyl adjacent to an activating group) is 1. The van der Waals surface area contributed by atoms with Gasteiger partial charge in [0.15, 0.2) is 0 Å². The van der Waals surface area contributed by atoms with Crippen molar-refractivity contribution >= 4 is 11.7 Å². The molecule has 1 saturated heterocycles. The number of hydrogen-bond acceptors (Lipinski definition) is 5. The molecule has 1 aliphatic rings. The lowest BCUT2D eigenvalue weighted by molar-refractivity contribution is -0.147. The summed E-state index contributed by atoms with van der Waals surface area (Å²) >= 11 is 0. The molecule has 1 heterocycles. The number of ether oxygens (including phenoxy) is 2. The van der Waals surface area contributed by atoms with Gasteiger partial charge in [0.05, 0.1) is 19.8 Å². The van der Waals surface area contributed by atoms with E-state index in [0.29, 0.717) is 6.54 Å². The Hall–Kier alpha value is -1.59. The van der Waals surface area contributed by atoms with Crippen molar-refractivity contribution in [3.05, 3.63) is 30.3 Å². The van der Waals surface area contributed by atoms with Gasteiger partial charge in [0, 0.05) is 38.8 Å². The van der Waals surface area contributed by atoms with Gasteiger partial charge >= 0.3 is 5.97 Å². The second-order valence-corrected chi connectivity index (χ2v) is 5.52. The Kier molecular flexibility index (Phi) is 6.68. The van der Waals surface area contributed by atoms with Gasteiger partial charge in [-0.15, -0.1) is 0 Å². The van der Waals surface area contributed by atoms with Gasteiger partial charge in [-0.2, -0.15) is 0 Å². The minimum absolute atomic E-state index is 0.129. The average Bonchev–Trinajstić information content (AvgIpc) is 2.53. The van der Waals surface area contributed by atoms with Crippen LogP contribution in [0.25, 0.3) is 0 Å². The molecule has 0 saturated carbocycles. The van der Waals surface area contributed by atoms with E-state index in [0.717, 1.165) is 45.1 Å². The van der Waals surface area contributed by atoms with Crippen LogP contribution in [-0.2, 0) is 14.3 Å². The number of esters is 1. The molecule has 0 radical (unpaired) electrons. The van der Waals surface area contributed by atoms with Gasteiger partial charge in [-0.05, 0) is 19.1 Å². The van der Waals surface area contributed by atoms with Crippen LogP contribution in [0.2, 0.25) is 0 Å². The Morgan fingerprint density at radius 3 is 2.59 bits per heavy atom. The third-order valence-corrected chi connectivity index (χ3v) is 3.83. The fourth-order valence-corrected chi connectivity index (χ4v) is 2.74. The molecule has 0 aliphatic carbocycles. The van der Waals surface area contributed by atoms with E-state index in [1.807, 2.05) is 18.2 Å². The highest BCUT2D eigenvalue weighted by Crippen LogP contribution is 2.15. The fraction of sp³-hybridized carbons (Fsp3) is 0.588. The van der Waals surface area contributed by atoms with E-state index < -0.39 is 0 Å². The number of benzene rings is 1. The molecule has 0 N–H and O–H groups in total. The van der Waals surface area contributed by atoms with Crippen LogP contribution >= 0.6 is 0 Å². The van der Waals surface area contributed by atoms with Gasteiger partial charge in [-0.1, -0.05) is 18.2 Å². The lowest BCUT2D eigenvalue weighted by Crippen LogP contribution is -2.46. The summed E-state index contributed by atoms with van der Waals surface area (Å²) in [7, 11) is 0. The van der Waals surface area contributed by atoms with E-state index in [-0.39, 0.29) is 12.1 Å². The summed E-state index contributed by atoms with van der Waals surface area (Å²) in [6.07, 6.45) is -0.129. The first-order chi connectivity index (χ1) is 10.7. The van der Waals surface area contributed by atoms with Crippen molar-refractivity contribution in [2.75, 3.05) is 50.8 Å². The maximum Gasteiger partial charge on any atom is 0.303 e. The number of carbonyl (C=O) groups excluding carboxylic acids is 1. The molecule has 122 valence electrons. The quantitative estimate of drug-likeness (QED) is 0.718. The Labute approximate surface area is 132 Å². The number of anilines is 1. The molecule has 5 heteroatoms. The Bertz CT molecular complexity index is 446. The van der Waals surface area contributed by atoms with Crippen LogP contribution in [0.15, 0.2) is 30.3 Å². The van der Waals surface area contributed by atoms with E-state index in [4.69, 9.17) is 9.47 Å². The standard InChI is InChI=1S/C17H26N2O3/c1-3-19(16-7-5-4-6-8-16)14-17(22-15(2)20)13-18-9-11-21-12-10-18/h4-8,17H,3,9-14H2,1-2H3. The molecular weight excluding hydrogens is 280 g/mol. The lowest BCUT2D eigenvalue weighted by Gasteiger charge is -2.33. The summed E-state index contributed by atoms with van der Waals surface area (Å²) in [6, 6.07) is 10.2. The molecule has 0 spiro atoms. The van der Waals surface area contributed by atoms with Gasteiger partial charge < -0.3 is 14.4 Å². The minimum atomic E-state index is -0.220. The maximum atomic E-state index is 11.4. The molecule has 1 aromatic rings. The molecule has 1 aromatic carbocycles. The van der Waals surface area contributed by atoms with Crippen molar-refractivity contribution in [1.82, 2.24) is 4.90 Å². The molecule has 0 bridgehead atoms. The van der Waals surface area contributed by atoms with Crippen LogP contribution in [0.5, 0.6) is 0 Å². The van der Waals surface area contributed by atoms with Crippen LogP contribution in [0.4, 0.5) is 5.69 Å². The summed E-state index contributed by atoms with van der Waals surface area (Å²) in [5, 5.41) is 0. The normalized spacial score (nSPS) is 17.0. The van der Waals surface area contributed by atoms with Crippen LogP contribution in [0, 0.1) is 0 Å². The number of carbonyl (C=O) groups is 1. The zero-order valence-corrected chi connectivity index (χ0v) is 13.5. The Balaban J connectivity index is 1.99. The van der Waals surface area contributed by atoms with Gasteiger partial charge in [0.1, 0.15) is 6.10 Å². The third kappa shape index (κ3) is 5.31. The van der Waals surface area contributed by atoms with Gasteiger partial charge in [0.25, 0.3) is 0 Å². The van der Waals surface area contributed by atoms with E-state index in [1.165, 1.54) is 6.92 Å². The highest BCUT2D eigenvalue weighted by molar-refractivity contribution is 5.66. The van der Waals surface area contributed by atoms with Crippen molar-refractivity contribution < 1.29 is 14.3 Å². The number of morpholine rings is 1. The fourth-order valence-electron chi connectivity index (χ4n) is 2.74. The van der Waals surface area contributed by atoms with E-state index in [1.54, 1.807) is 0 Å². The van der Waals surface area contributed by atoms with Crippen molar-refractivity contribution in [1.29, 1.82) is 0 Å². The predicted molar refractivity (Wildman–Crippen MR) is 87.1 cm³/mol. The smallest absolute Gasteiger partial charge is 0.303 e. The summed E-state index contributed by atoms with van der Waals surface area (Å²) in [6.45, 7) is 9.24. The molecule has 1 atom stereocenters. The number of para-hydroxylation sites is 1. The molecule has 1 aliphatic heterocycles. The maximum absolute atomic E-state index is 11.4. The lowest BCUT2D eigenvalue weighted by atomic mass is 10.2. The zero-order chi connectivity index (χ0) is 15.8. The van der Waals surface area contributed by atoms with E-state index in [9.17, 15) is 4.79 Å². The summed E-state index contributed by atoms with van der Waals surface area (Å²) < 4.78 is 10.9. The average molecular weight is 306 g/mol. The number of hydrogen-bond donors (Lipinski definition) is 0. The van der Waals surface area contributed by atoms with E-state index in [2.05, 4.69) is 28.9 Å². The van der Waals surface area contributed by atoms with Crippen molar-refractivity contribution in [3.8, 4) is 0 Å². The van der Waals surface area contributed by atoms with Crippen molar-refractivity contribution in [2.45, 2.75) is 20.0 Å². The Morgan fingerprint density at radius 1 is 1.32 bits per heavy atom. The topological polar surface area (TPSA) is 42.0 Å².